The van der Waals surface area contributed by atoms with Crippen LogP contribution in [0.3, 0.4) is 0 Å². The summed E-state index contributed by atoms with van der Waals surface area (Å²) in [6.07, 6.45) is -2.40. The van der Waals surface area contributed by atoms with Crippen molar-refractivity contribution in [2.24, 2.45) is 0 Å². The highest BCUT2D eigenvalue weighted by Crippen LogP contribution is 2.34. The second-order valence-electron chi connectivity index (χ2n) is 5.35. The van der Waals surface area contributed by atoms with E-state index < -0.39 is 11.7 Å². The number of hydrogen-bond donors (Lipinski definition) is 1. The third kappa shape index (κ3) is 4.35. The maximum Gasteiger partial charge on any atom is 0.416 e. The molecule has 1 saturated heterocycles. The molecule has 0 aliphatic carbocycles. The molecule has 1 aliphatic rings. The number of piperidine rings is 1. The van der Waals surface area contributed by atoms with Crippen LogP contribution in [0.1, 0.15) is 30.9 Å². The average molecular weight is 302 g/mol. The first kappa shape index (κ1) is 16.1. The lowest BCUT2D eigenvalue weighted by atomic mass is 10.0. The van der Waals surface area contributed by atoms with Gasteiger partial charge in [0.15, 0.2) is 0 Å². The molecule has 0 bridgehead atoms. The average Bonchev–Trinajstić information content (AvgIpc) is 2.42. The fourth-order valence-corrected chi connectivity index (χ4v) is 2.71. The first-order valence-corrected chi connectivity index (χ1v) is 7.19. The summed E-state index contributed by atoms with van der Waals surface area (Å²) in [5.41, 5.74) is 5.27. The van der Waals surface area contributed by atoms with Crippen molar-refractivity contribution in [2.75, 3.05) is 25.4 Å². The second-order valence-corrected chi connectivity index (χ2v) is 5.35. The molecule has 6 heteroatoms. The van der Waals surface area contributed by atoms with Gasteiger partial charge in [0, 0.05) is 31.9 Å². The number of likely N-dealkylation sites (tertiary alicyclic amines) is 1. The minimum atomic E-state index is -4.37. The van der Waals surface area contributed by atoms with Crippen LogP contribution in [-0.4, -0.2) is 30.7 Å². The van der Waals surface area contributed by atoms with E-state index in [-0.39, 0.29) is 17.4 Å². The Morgan fingerprint density at radius 1 is 1.29 bits per heavy atom. The Morgan fingerprint density at radius 3 is 2.52 bits per heavy atom. The van der Waals surface area contributed by atoms with E-state index >= 15 is 0 Å². The van der Waals surface area contributed by atoms with Gasteiger partial charge in [-0.1, -0.05) is 6.07 Å². The van der Waals surface area contributed by atoms with Gasteiger partial charge in [-0.3, -0.25) is 4.90 Å². The normalized spacial score (nSPS) is 18.1. The topological polar surface area (TPSA) is 38.5 Å². The van der Waals surface area contributed by atoms with Crippen molar-refractivity contribution >= 4 is 5.69 Å². The van der Waals surface area contributed by atoms with Gasteiger partial charge in [0.2, 0.25) is 0 Å². The molecule has 1 aromatic rings. The van der Waals surface area contributed by atoms with Gasteiger partial charge in [0.25, 0.3) is 0 Å². The molecule has 0 amide bonds. The fourth-order valence-electron chi connectivity index (χ4n) is 2.71. The fraction of sp³-hybridized carbons (Fsp3) is 0.600. The number of anilines is 1. The lowest BCUT2D eigenvalue weighted by Gasteiger charge is -2.32. The van der Waals surface area contributed by atoms with Crippen molar-refractivity contribution in [3.8, 4) is 0 Å². The predicted octanol–water partition coefficient (Wildman–Crippen LogP) is 3.29. The van der Waals surface area contributed by atoms with E-state index in [1.807, 2.05) is 11.8 Å². The van der Waals surface area contributed by atoms with Gasteiger partial charge < -0.3 is 10.5 Å². The zero-order valence-corrected chi connectivity index (χ0v) is 12.1. The van der Waals surface area contributed by atoms with Crippen molar-refractivity contribution in [1.29, 1.82) is 0 Å². The molecule has 118 valence electrons. The van der Waals surface area contributed by atoms with E-state index in [4.69, 9.17) is 10.5 Å². The zero-order valence-electron chi connectivity index (χ0n) is 12.1. The highest BCUT2D eigenvalue weighted by atomic mass is 19.4. The van der Waals surface area contributed by atoms with Gasteiger partial charge in [-0.25, -0.2) is 0 Å². The molecular weight excluding hydrogens is 281 g/mol. The first-order valence-electron chi connectivity index (χ1n) is 7.19. The number of halogens is 3. The molecule has 1 aliphatic heterocycles. The van der Waals surface area contributed by atoms with Gasteiger partial charge in [0.05, 0.1) is 11.7 Å². The Labute approximate surface area is 122 Å². The number of nitrogens with two attached hydrogens (primary N) is 1. The molecule has 0 radical (unpaired) electrons. The van der Waals surface area contributed by atoms with Crippen molar-refractivity contribution in [2.45, 2.75) is 38.6 Å². The zero-order chi connectivity index (χ0) is 15.5. The molecule has 0 aromatic heterocycles. The van der Waals surface area contributed by atoms with Crippen LogP contribution in [0.2, 0.25) is 0 Å². The van der Waals surface area contributed by atoms with Crippen molar-refractivity contribution in [3.05, 3.63) is 29.3 Å². The summed E-state index contributed by atoms with van der Waals surface area (Å²) in [6, 6.07) is 4.02. The number of nitrogen functional groups attached to an aromatic ring is 1. The predicted molar refractivity (Wildman–Crippen MR) is 75.8 cm³/mol. The molecule has 0 saturated carbocycles. The Bertz CT molecular complexity index is 468. The Morgan fingerprint density at radius 2 is 1.95 bits per heavy atom. The minimum absolute atomic E-state index is 0.140. The van der Waals surface area contributed by atoms with E-state index in [9.17, 15) is 13.2 Å². The van der Waals surface area contributed by atoms with E-state index in [0.717, 1.165) is 32.0 Å². The summed E-state index contributed by atoms with van der Waals surface area (Å²) in [7, 11) is 0. The van der Waals surface area contributed by atoms with E-state index in [2.05, 4.69) is 0 Å². The number of rotatable bonds is 4. The van der Waals surface area contributed by atoms with Gasteiger partial charge in [-0.2, -0.15) is 13.2 Å². The van der Waals surface area contributed by atoms with Crippen LogP contribution in [0.25, 0.3) is 0 Å². The third-order valence-electron chi connectivity index (χ3n) is 3.77. The SMILES string of the molecule is CCOC1CCN(Cc2ccc(N)cc2C(F)(F)F)CC1. The molecule has 1 heterocycles. The smallest absolute Gasteiger partial charge is 0.399 e. The summed E-state index contributed by atoms with van der Waals surface area (Å²) < 4.78 is 44.7. The van der Waals surface area contributed by atoms with Gasteiger partial charge in [-0.05, 0) is 37.5 Å². The summed E-state index contributed by atoms with van der Waals surface area (Å²) >= 11 is 0. The number of hydrogen-bond acceptors (Lipinski definition) is 3. The Hall–Kier alpha value is -1.27. The van der Waals surface area contributed by atoms with Gasteiger partial charge in [-0.15, -0.1) is 0 Å². The number of alkyl halides is 3. The highest BCUT2D eigenvalue weighted by molar-refractivity contribution is 5.46. The summed E-state index contributed by atoms with van der Waals surface area (Å²) in [4.78, 5) is 2.04. The number of benzene rings is 1. The minimum Gasteiger partial charge on any atom is -0.399 e. The van der Waals surface area contributed by atoms with Crippen LogP contribution in [-0.2, 0) is 17.5 Å². The van der Waals surface area contributed by atoms with Crippen molar-refractivity contribution in [3.63, 3.8) is 0 Å². The molecule has 2 N–H and O–H groups in total. The molecule has 0 atom stereocenters. The van der Waals surface area contributed by atoms with Crippen LogP contribution in [0.15, 0.2) is 18.2 Å². The monoisotopic (exact) mass is 302 g/mol. The summed E-state index contributed by atoms with van der Waals surface area (Å²) in [6.45, 7) is 4.45. The van der Waals surface area contributed by atoms with E-state index in [1.54, 1.807) is 0 Å². The number of nitrogens with zero attached hydrogens (tertiary/aromatic N) is 1. The molecule has 1 aromatic carbocycles. The maximum atomic E-state index is 13.1. The third-order valence-corrected chi connectivity index (χ3v) is 3.77. The molecular formula is C15H21F3N2O. The molecule has 2 rings (SSSR count). The summed E-state index contributed by atoms with van der Waals surface area (Å²) in [5, 5.41) is 0. The first-order chi connectivity index (χ1) is 9.90. The maximum absolute atomic E-state index is 13.1. The van der Waals surface area contributed by atoms with Crippen LogP contribution in [0.5, 0.6) is 0 Å². The van der Waals surface area contributed by atoms with Crippen LogP contribution < -0.4 is 5.73 Å². The van der Waals surface area contributed by atoms with Crippen molar-refractivity contribution < 1.29 is 17.9 Å². The molecule has 1 fully saturated rings. The van der Waals surface area contributed by atoms with Crippen molar-refractivity contribution in [1.82, 2.24) is 4.90 Å². The number of ether oxygens (including phenoxy) is 1. The van der Waals surface area contributed by atoms with Crippen LogP contribution in [0, 0.1) is 0 Å². The van der Waals surface area contributed by atoms with Crippen LogP contribution >= 0.6 is 0 Å². The van der Waals surface area contributed by atoms with Gasteiger partial charge in [0.1, 0.15) is 0 Å². The van der Waals surface area contributed by atoms with Crippen LogP contribution in [0.4, 0.5) is 18.9 Å². The quantitative estimate of drug-likeness (QED) is 0.867. The molecule has 0 unspecified atom stereocenters. The second kappa shape index (κ2) is 6.66. The largest absolute Gasteiger partial charge is 0.416 e. The van der Waals surface area contributed by atoms with E-state index in [0.29, 0.717) is 13.2 Å². The summed E-state index contributed by atoms with van der Waals surface area (Å²) in [5.74, 6) is 0. The molecule has 21 heavy (non-hydrogen) atoms. The Kier molecular flexibility index (Phi) is 5.11. The standard InChI is InChI=1S/C15H21F3N2O/c1-2-21-13-5-7-20(8-6-13)10-11-3-4-12(19)9-14(11)15(16,17)18/h3-4,9,13H,2,5-8,10,19H2,1H3. The Balaban J connectivity index is 2.04. The lowest BCUT2D eigenvalue weighted by molar-refractivity contribution is -0.138. The highest BCUT2D eigenvalue weighted by Gasteiger charge is 2.34. The molecule has 0 spiro atoms. The van der Waals surface area contributed by atoms with Gasteiger partial charge >= 0.3 is 6.18 Å². The van der Waals surface area contributed by atoms with E-state index in [1.165, 1.54) is 12.1 Å². The molecule has 3 nitrogen and oxygen atoms in total. The lowest BCUT2D eigenvalue weighted by Crippen LogP contribution is -2.37.